The zero-order valence-electron chi connectivity index (χ0n) is 11.7. The molecule has 2 heterocycles. The topological polar surface area (TPSA) is 45.2 Å². The van der Waals surface area contributed by atoms with Gasteiger partial charge in [0.1, 0.15) is 5.82 Å². The van der Waals surface area contributed by atoms with Crippen LogP contribution in [0.4, 0.5) is 5.82 Å². The van der Waals surface area contributed by atoms with Gasteiger partial charge in [-0.15, -0.1) is 11.3 Å². The maximum atomic E-state index is 12.9. The number of aromatic nitrogens is 1. The van der Waals surface area contributed by atoms with E-state index in [-0.39, 0.29) is 5.91 Å². The summed E-state index contributed by atoms with van der Waals surface area (Å²) in [5, 5.41) is 5.05. The predicted molar refractivity (Wildman–Crippen MR) is 88.7 cm³/mol. The van der Waals surface area contributed by atoms with Crippen molar-refractivity contribution in [3.05, 3.63) is 44.7 Å². The SMILES string of the molecule is CNc1ncc(Br)cc1C(=O)N(Cc1cccs1)C1CC1. The Morgan fingerprint density at radius 2 is 2.38 bits per heavy atom. The summed E-state index contributed by atoms with van der Waals surface area (Å²) in [4.78, 5) is 20.4. The fourth-order valence-electron chi connectivity index (χ4n) is 2.28. The first-order chi connectivity index (χ1) is 10.2. The van der Waals surface area contributed by atoms with Gasteiger partial charge >= 0.3 is 0 Å². The van der Waals surface area contributed by atoms with Gasteiger partial charge in [-0.2, -0.15) is 0 Å². The molecule has 1 amide bonds. The van der Waals surface area contributed by atoms with Gasteiger partial charge in [0.15, 0.2) is 0 Å². The van der Waals surface area contributed by atoms with E-state index in [2.05, 4.69) is 32.3 Å². The average Bonchev–Trinajstić information content (AvgIpc) is 3.20. The fourth-order valence-corrected chi connectivity index (χ4v) is 3.31. The molecule has 2 aromatic rings. The summed E-state index contributed by atoms with van der Waals surface area (Å²) in [5.41, 5.74) is 0.621. The molecule has 6 heteroatoms. The van der Waals surface area contributed by atoms with Gasteiger partial charge in [0.05, 0.1) is 12.1 Å². The van der Waals surface area contributed by atoms with Crippen LogP contribution in [0.5, 0.6) is 0 Å². The van der Waals surface area contributed by atoms with Crippen molar-refractivity contribution in [2.24, 2.45) is 0 Å². The van der Waals surface area contributed by atoms with Gasteiger partial charge in [-0.05, 0) is 46.3 Å². The minimum atomic E-state index is 0.0454. The summed E-state index contributed by atoms with van der Waals surface area (Å²) in [5.74, 6) is 0.670. The zero-order valence-corrected chi connectivity index (χ0v) is 14.1. The number of nitrogens with one attached hydrogen (secondary N) is 1. The predicted octanol–water partition coefficient (Wildman–Crippen LogP) is 3.75. The molecule has 1 N–H and O–H groups in total. The van der Waals surface area contributed by atoms with Crippen molar-refractivity contribution in [2.45, 2.75) is 25.4 Å². The molecule has 1 aliphatic rings. The molecule has 4 nitrogen and oxygen atoms in total. The third-order valence-electron chi connectivity index (χ3n) is 3.48. The highest BCUT2D eigenvalue weighted by Gasteiger charge is 2.34. The molecular formula is C15H16BrN3OS. The van der Waals surface area contributed by atoms with Crippen LogP contribution < -0.4 is 5.32 Å². The van der Waals surface area contributed by atoms with Gasteiger partial charge < -0.3 is 10.2 Å². The minimum Gasteiger partial charge on any atom is -0.372 e. The maximum absolute atomic E-state index is 12.9. The lowest BCUT2D eigenvalue weighted by Gasteiger charge is -2.23. The van der Waals surface area contributed by atoms with Crippen molar-refractivity contribution >= 4 is 39.0 Å². The van der Waals surface area contributed by atoms with Gasteiger partial charge in [0, 0.05) is 28.6 Å². The molecule has 3 rings (SSSR count). The summed E-state index contributed by atoms with van der Waals surface area (Å²) in [6, 6.07) is 6.30. The molecule has 0 bridgehead atoms. The van der Waals surface area contributed by atoms with Crippen LogP contribution in [0, 0.1) is 0 Å². The van der Waals surface area contributed by atoms with Crippen LogP contribution in [0.3, 0.4) is 0 Å². The standard InChI is InChI=1S/C15H16BrN3OS/c1-17-14-13(7-10(16)8-18-14)15(20)19(11-4-5-11)9-12-3-2-6-21-12/h2-3,6-8,11H,4-5,9H2,1H3,(H,17,18). The van der Waals surface area contributed by atoms with E-state index in [9.17, 15) is 4.79 Å². The molecule has 110 valence electrons. The molecule has 0 aliphatic heterocycles. The molecule has 0 spiro atoms. The Labute approximate surface area is 136 Å². The van der Waals surface area contributed by atoms with Crippen LogP contribution in [0.1, 0.15) is 28.1 Å². The number of thiophene rings is 1. The molecule has 0 radical (unpaired) electrons. The molecule has 21 heavy (non-hydrogen) atoms. The van der Waals surface area contributed by atoms with Crippen LogP contribution in [0.25, 0.3) is 0 Å². The number of amides is 1. The van der Waals surface area contributed by atoms with Crippen LogP contribution in [0.15, 0.2) is 34.2 Å². The molecule has 0 atom stereocenters. The van der Waals surface area contributed by atoms with E-state index in [0.29, 0.717) is 24.0 Å². The Balaban J connectivity index is 1.89. The van der Waals surface area contributed by atoms with Gasteiger partial charge in [-0.1, -0.05) is 6.07 Å². The summed E-state index contributed by atoms with van der Waals surface area (Å²) in [6.07, 6.45) is 3.88. The highest BCUT2D eigenvalue weighted by atomic mass is 79.9. The number of halogens is 1. The normalized spacial score (nSPS) is 14.0. The second-order valence-electron chi connectivity index (χ2n) is 5.04. The van der Waals surface area contributed by atoms with E-state index in [0.717, 1.165) is 17.3 Å². The highest BCUT2D eigenvalue weighted by Crippen LogP contribution is 2.32. The van der Waals surface area contributed by atoms with Crippen LogP contribution in [-0.2, 0) is 6.54 Å². The first-order valence-corrected chi connectivity index (χ1v) is 8.53. The van der Waals surface area contributed by atoms with Crippen LogP contribution >= 0.6 is 27.3 Å². The Bertz CT molecular complexity index is 640. The number of pyridine rings is 1. The lowest BCUT2D eigenvalue weighted by Crippen LogP contribution is -2.33. The monoisotopic (exact) mass is 365 g/mol. The number of anilines is 1. The molecular weight excluding hydrogens is 350 g/mol. The van der Waals surface area contributed by atoms with Crippen molar-refractivity contribution in [3.8, 4) is 0 Å². The molecule has 0 unspecified atom stereocenters. The first kappa shape index (κ1) is 14.5. The number of carbonyl (C=O) groups is 1. The van der Waals surface area contributed by atoms with Crippen molar-refractivity contribution < 1.29 is 4.79 Å². The number of rotatable bonds is 5. The third kappa shape index (κ3) is 3.27. The van der Waals surface area contributed by atoms with E-state index < -0.39 is 0 Å². The Hall–Kier alpha value is -1.40. The number of hydrogen-bond donors (Lipinski definition) is 1. The Morgan fingerprint density at radius 3 is 3.00 bits per heavy atom. The molecule has 2 aromatic heterocycles. The summed E-state index contributed by atoms with van der Waals surface area (Å²) in [7, 11) is 1.79. The average molecular weight is 366 g/mol. The summed E-state index contributed by atoms with van der Waals surface area (Å²) < 4.78 is 0.816. The van der Waals surface area contributed by atoms with E-state index in [1.54, 1.807) is 24.6 Å². The number of hydrogen-bond acceptors (Lipinski definition) is 4. The largest absolute Gasteiger partial charge is 0.372 e. The van der Waals surface area contributed by atoms with Gasteiger partial charge in [-0.25, -0.2) is 4.98 Å². The minimum absolute atomic E-state index is 0.0454. The lowest BCUT2D eigenvalue weighted by molar-refractivity contribution is 0.0732. The second kappa shape index (κ2) is 6.15. The summed E-state index contributed by atoms with van der Waals surface area (Å²) in [6.45, 7) is 0.677. The molecule has 0 saturated heterocycles. The van der Waals surface area contributed by atoms with E-state index in [1.807, 2.05) is 22.4 Å². The Kier molecular flexibility index (Phi) is 4.26. The quantitative estimate of drug-likeness (QED) is 0.877. The summed E-state index contributed by atoms with van der Waals surface area (Å²) >= 11 is 5.09. The first-order valence-electron chi connectivity index (χ1n) is 6.85. The van der Waals surface area contributed by atoms with E-state index in [4.69, 9.17) is 0 Å². The number of nitrogens with zero attached hydrogens (tertiary/aromatic N) is 2. The van der Waals surface area contributed by atoms with Gasteiger partial charge in [0.2, 0.25) is 0 Å². The lowest BCUT2D eigenvalue weighted by atomic mass is 10.2. The second-order valence-corrected chi connectivity index (χ2v) is 6.99. The van der Waals surface area contributed by atoms with Crippen LogP contribution in [-0.4, -0.2) is 28.9 Å². The smallest absolute Gasteiger partial charge is 0.258 e. The third-order valence-corrected chi connectivity index (χ3v) is 4.77. The van der Waals surface area contributed by atoms with Gasteiger partial charge in [0.25, 0.3) is 5.91 Å². The van der Waals surface area contributed by atoms with Crippen LogP contribution in [0.2, 0.25) is 0 Å². The van der Waals surface area contributed by atoms with Crippen molar-refractivity contribution in [3.63, 3.8) is 0 Å². The molecule has 1 aliphatic carbocycles. The molecule has 1 fully saturated rings. The van der Waals surface area contributed by atoms with Gasteiger partial charge in [-0.3, -0.25) is 4.79 Å². The van der Waals surface area contributed by atoms with Crippen molar-refractivity contribution in [2.75, 3.05) is 12.4 Å². The van der Waals surface area contributed by atoms with Crippen molar-refractivity contribution in [1.29, 1.82) is 0 Å². The van der Waals surface area contributed by atoms with Crippen molar-refractivity contribution in [1.82, 2.24) is 9.88 Å². The number of carbonyl (C=O) groups excluding carboxylic acids is 1. The zero-order chi connectivity index (χ0) is 14.8. The Morgan fingerprint density at radius 1 is 1.57 bits per heavy atom. The molecule has 1 saturated carbocycles. The van der Waals surface area contributed by atoms with E-state index in [1.165, 1.54) is 4.88 Å². The highest BCUT2D eigenvalue weighted by molar-refractivity contribution is 9.10. The molecule has 0 aromatic carbocycles. The fraction of sp³-hybridized carbons (Fsp3) is 0.333. The van der Waals surface area contributed by atoms with E-state index >= 15 is 0 Å². The maximum Gasteiger partial charge on any atom is 0.258 e.